The molecule has 5 heteroatoms. The minimum absolute atomic E-state index is 0.257. The second-order valence-corrected chi connectivity index (χ2v) is 8.25. The largest absolute Gasteiger partial charge is 0.494 e. The molecular formula is C29H24F3NO. The first-order chi connectivity index (χ1) is 16.5. The van der Waals surface area contributed by atoms with E-state index in [2.05, 4.69) is 6.92 Å². The number of hydrogen-bond acceptors (Lipinski definition) is 2. The van der Waals surface area contributed by atoms with Crippen LogP contribution in [0.4, 0.5) is 13.2 Å². The molecule has 0 aromatic heterocycles. The molecule has 0 aliphatic heterocycles. The van der Waals surface area contributed by atoms with Gasteiger partial charge in [-0.25, -0.2) is 13.2 Å². The van der Waals surface area contributed by atoms with Crippen LogP contribution in [0.15, 0.2) is 66.7 Å². The highest BCUT2D eigenvalue weighted by atomic mass is 19.1. The Morgan fingerprint density at radius 2 is 1.53 bits per heavy atom. The van der Waals surface area contributed by atoms with Gasteiger partial charge in [-0.05, 0) is 77.2 Å². The average Bonchev–Trinajstić information content (AvgIpc) is 2.84. The van der Waals surface area contributed by atoms with Crippen LogP contribution in [0, 0.1) is 28.8 Å². The SMILES string of the molecule is CCCCOc1ccc(-c2ccc3c(F)c(CCc4cc(F)c(C#N)c(F)c4)ccc3c2)cc1. The number of nitrogens with zero attached hydrogens (tertiary/aromatic N) is 1. The summed E-state index contributed by atoms with van der Waals surface area (Å²) in [6.45, 7) is 2.82. The van der Waals surface area contributed by atoms with Crippen LogP contribution in [0.1, 0.15) is 36.5 Å². The van der Waals surface area contributed by atoms with E-state index in [0.29, 0.717) is 23.1 Å². The second kappa shape index (κ2) is 10.4. The van der Waals surface area contributed by atoms with Crippen LogP contribution in [0.5, 0.6) is 5.75 Å². The fourth-order valence-electron chi connectivity index (χ4n) is 3.94. The first kappa shape index (κ1) is 23.4. The lowest BCUT2D eigenvalue weighted by Crippen LogP contribution is -1.99. The highest BCUT2D eigenvalue weighted by molar-refractivity contribution is 5.88. The fraction of sp³-hybridized carbons (Fsp3) is 0.207. The molecule has 4 rings (SSSR count). The summed E-state index contributed by atoms with van der Waals surface area (Å²) in [5.74, 6) is -1.30. The van der Waals surface area contributed by atoms with Gasteiger partial charge in [-0.2, -0.15) is 5.26 Å². The first-order valence-electron chi connectivity index (χ1n) is 11.3. The van der Waals surface area contributed by atoms with Crippen molar-refractivity contribution in [3.63, 3.8) is 0 Å². The molecule has 0 spiro atoms. The first-order valence-corrected chi connectivity index (χ1v) is 11.3. The number of aryl methyl sites for hydroxylation is 2. The van der Waals surface area contributed by atoms with Crippen LogP contribution in [0.25, 0.3) is 21.9 Å². The monoisotopic (exact) mass is 459 g/mol. The number of rotatable bonds is 8. The predicted octanol–water partition coefficient (Wildman–Crippen LogP) is 7.76. The van der Waals surface area contributed by atoms with Crippen molar-refractivity contribution in [1.82, 2.24) is 0 Å². The summed E-state index contributed by atoms with van der Waals surface area (Å²) < 4.78 is 48.6. The van der Waals surface area contributed by atoms with Gasteiger partial charge in [-0.1, -0.05) is 49.7 Å². The number of benzene rings is 4. The van der Waals surface area contributed by atoms with E-state index in [1.807, 2.05) is 42.5 Å². The Morgan fingerprint density at radius 1 is 0.824 bits per heavy atom. The van der Waals surface area contributed by atoms with Gasteiger partial charge in [0.05, 0.1) is 6.61 Å². The maximum absolute atomic E-state index is 15.2. The zero-order valence-electron chi connectivity index (χ0n) is 18.9. The Bertz CT molecular complexity index is 1330. The maximum atomic E-state index is 15.2. The van der Waals surface area contributed by atoms with Crippen LogP contribution >= 0.6 is 0 Å². The Kier molecular flexibility index (Phi) is 7.18. The molecule has 4 aromatic carbocycles. The van der Waals surface area contributed by atoms with Crippen molar-refractivity contribution >= 4 is 10.8 Å². The lowest BCUT2D eigenvalue weighted by Gasteiger charge is -2.10. The van der Waals surface area contributed by atoms with Crippen molar-refractivity contribution in [2.75, 3.05) is 6.61 Å². The molecule has 4 aromatic rings. The molecule has 2 nitrogen and oxygen atoms in total. The zero-order valence-corrected chi connectivity index (χ0v) is 18.9. The topological polar surface area (TPSA) is 33.0 Å². The van der Waals surface area contributed by atoms with Gasteiger partial charge in [0.2, 0.25) is 0 Å². The number of fused-ring (bicyclic) bond motifs is 1. The minimum atomic E-state index is -0.899. The van der Waals surface area contributed by atoms with Crippen LogP contribution in [-0.4, -0.2) is 6.61 Å². The molecule has 0 heterocycles. The maximum Gasteiger partial charge on any atom is 0.144 e. The summed E-state index contributed by atoms with van der Waals surface area (Å²) in [5, 5.41) is 10.1. The quantitative estimate of drug-likeness (QED) is 0.252. The van der Waals surface area contributed by atoms with Crippen LogP contribution in [0.2, 0.25) is 0 Å². The third-order valence-electron chi connectivity index (χ3n) is 5.89. The standard InChI is InChI=1S/C29H24F3NO/c1-2-3-14-34-24-11-8-20(9-12-24)22-10-13-25-23(17-22)7-6-21(29(25)32)5-4-19-15-27(30)26(18-33)28(31)16-19/h6-13,15-17H,2-5,14H2,1H3. The highest BCUT2D eigenvalue weighted by Gasteiger charge is 2.13. The van der Waals surface area contributed by atoms with Crippen molar-refractivity contribution in [3.8, 4) is 22.9 Å². The summed E-state index contributed by atoms with van der Waals surface area (Å²) in [4.78, 5) is 0. The third-order valence-corrected chi connectivity index (χ3v) is 5.89. The van der Waals surface area contributed by atoms with Crippen LogP contribution in [-0.2, 0) is 12.8 Å². The van der Waals surface area contributed by atoms with Gasteiger partial charge in [0.15, 0.2) is 0 Å². The number of hydrogen-bond donors (Lipinski definition) is 0. The van der Waals surface area contributed by atoms with Gasteiger partial charge in [0.1, 0.15) is 34.8 Å². The summed E-state index contributed by atoms with van der Waals surface area (Å²) in [6.07, 6.45) is 2.64. The second-order valence-electron chi connectivity index (χ2n) is 8.25. The molecule has 0 bridgehead atoms. The van der Waals surface area contributed by atoms with E-state index in [4.69, 9.17) is 10.00 Å². The molecule has 34 heavy (non-hydrogen) atoms. The third kappa shape index (κ3) is 5.07. The smallest absolute Gasteiger partial charge is 0.144 e. The summed E-state index contributed by atoms with van der Waals surface area (Å²) >= 11 is 0. The molecule has 0 saturated heterocycles. The molecule has 0 amide bonds. The van der Waals surface area contributed by atoms with Crippen molar-refractivity contribution in [3.05, 3.63) is 101 Å². The van der Waals surface area contributed by atoms with Gasteiger partial charge in [-0.15, -0.1) is 0 Å². The van der Waals surface area contributed by atoms with E-state index in [1.54, 1.807) is 12.1 Å². The van der Waals surface area contributed by atoms with E-state index in [1.165, 1.54) is 6.07 Å². The summed E-state index contributed by atoms with van der Waals surface area (Å²) in [5.41, 5.74) is 2.24. The van der Waals surface area contributed by atoms with Gasteiger partial charge < -0.3 is 4.74 Å². The Balaban J connectivity index is 1.51. The average molecular weight is 460 g/mol. The van der Waals surface area contributed by atoms with E-state index in [-0.39, 0.29) is 18.7 Å². The summed E-state index contributed by atoms with van der Waals surface area (Å²) in [7, 11) is 0. The molecule has 0 unspecified atom stereocenters. The molecule has 0 saturated carbocycles. The van der Waals surface area contributed by atoms with Gasteiger partial charge in [0.25, 0.3) is 0 Å². The Labute approximate surface area is 197 Å². The Morgan fingerprint density at radius 3 is 2.21 bits per heavy atom. The molecule has 0 fully saturated rings. The molecular weight excluding hydrogens is 435 g/mol. The van der Waals surface area contributed by atoms with Crippen molar-refractivity contribution in [2.45, 2.75) is 32.6 Å². The normalized spacial score (nSPS) is 10.9. The number of unbranched alkanes of at least 4 members (excludes halogenated alkanes) is 1. The molecule has 0 atom stereocenters. The van der Waals surface area contributed by atoms with Gasteiger partial charge >= 0.3 is 0 Å². The molecule has 0 aliphatic carbocycles. The van der Waals surface area contributed by atoms with Gasteiger partial charge in [0, 0.05) is 5.39 Å². The lowest BCUT2D eigenvalue weighted by molar-refractivity contribution is 0.309. The fourth-order valence-corrected chi connectivity index (χ4v) is 3.94. The van der Waals surface area contributed by atoms with E-state index < -0.39 is 17.2 Å². The number of nitriles is 1. The molecule has 172 valence electrons. The van der Waals surface area contributed by atoms with Gasteiger partial charge in [-0.3, -0.25) is 0 Å². The molecule has 0 N–H and O–H groups in total. The van der Waals surface area contributed by atoms with Crippen molar-refractivity contribution in [1.29, 1.82) is 5.26 Å². The molecule has 0 radical (unpaired) electrons. The van der Waals surface area contributed by atoms with E-state index in [0.717, 1.165) is 47.2 Å². The van der Waals surface area contributed by atoms with Crippen LogP contribution < -0.4 is 4.74 Å². The Hall–Kier alpha value is -3.78. The molecule has 0 aliphatic rings. The van der Waals surface area contributed by atoms with Crippen molar-refractivity contribution in [2.24, 2.45) is 0 Å². The summed E-state index contributed by atoms with van der Waals surface area (Å²) in [6, 6.07) is 20.8. The highest BCUT2D eigenvalue weighted by Crippen LogP contribution is 2.29. The van der Waals surface area contributed by atoms with Crippen molar-refractivity contribution < 1.29 is 17.9 Å². The van der Waals surface area contributed by atoms with E-state index >= 15 is 4.39 Å². The minimum Gasteiger partial charge on any atom is -0.494 e. The van der Waals surface area contributed by atoms with Crippen LogP contribution in [0.3, 0.4) is 0 Å². The number of halogens is 3. The number of ether oxygens (including phenoxy) is 1. The predicted molar refractivity (Wildman–Crippen MR) is 128 cm³/mol. The van der Waals surface area contributed by atoms with E-state index in [9.17, 15) is 8.78 Å². The lowest BCUT2D eigenvalue weighted by atomic mass is 9.97. The zero-order chi connectivity index (χ0) is 24.1.